The van der Waals surface area contributed by atoms with Gasteiger partial charge in [0.25, 0.3) is 5.91 Å². The van der Waals surface area contributed by atoms with Gasteiger partial charge in [0.15, 0.2) is 6.10 Å². The Morgan fingerprint density at radius 3 is 2.65 bits per heavy atom. The van der Waals surface area contributed by atoms with E-state index >= 15 is 0 Å². The van der Waals surface area contributed by atoms with E-state index in [1.165, 1.54) is 5.56 Å². The highest BCUT2D eigenvalue weighted by Crippen LogP contribution is 2.14. The molecule has 4 heteroatoms. The Morgan fingerprint density at radius 1 is 1.30 bits per heavy atom. The third kappa shape index (κ3) is 3.88. The van der Waals surface area contributed by atoms with Crippen LogP contribution in [0.5, 0.6) is 5.75 Å². The Labute approximate surface area is 118 Å². The molecule has 0 aliphatic rings. The predicted molar refractivity (Wildman–Crippen MR) is 76.5 cm³/mol. The van der Waals surface area contributed by atoms with Gasteiger partial charge >= 0.3 is 0 Å². The van der Waals surface area contributed by atoms with Gasteiger partial charge in [0.1, 0.15) is 11.5 Å². The summed E-state index contributed by atoms with van der Waals surface area (Å²) < 4.78 is 10.8. The van der Waals surface area contributed by atoms with E-state index in [0.29, 0.717) is 12.3 Å². The van der Waals surface area contributed by atoms with Crippen LogP contribution in [0.2, 0.25) is 0 Å². The summed E-state index contributed by atoms with van der Waals surface area (Å²) in [6.07, 6.45) is 2.02. The number of benzene rings is 1. The van der Waals surface area contributed by atoms with Crippen LogP contribution in [0.15, 0.2) is 47.1 Å². The Kier molecular flexibility index (Phi) is 4.82. The minimum atomic E-state index is -0.544. The van der Waals surface area contributed by atoms with Crippen LogP contribution in [-0.4, -0.2) is 12.0 Å². The molecule has 0 radical (unpaired) electrons. The molecule has 20 heavy (non-hydrogen) atoms. The highest BCUT2D eigenvalue weighted by atomic mass is 16.5. The maximum Gasteiger partial charge on any atom is 0.261 e. The molecule has 0 unspecified atom stereocenters. The third-order valence-corrected chi connectivity index (χ3v) is 3.03. The second-order valence-corrected chi connectivity index (χ2v) is 4.55. The molecule has 0 saturated carbocycles. The number of furan rings is 1. The van der Waals surface area contributed by atoms with Crippen molar-refractivity contribution in [2.75, 3.05) is 0 Å². The van der Waals surface area contributed by atoms with Gasteiger partial charge in [-0.2, -0.15) is 0 Å². The number of hydrogen-bond donors (Lipinski definition) is 1. The zero-order chi connectivity index (χ0) is 14.4. The predicted octanol–water partition coefficient (Wildman–Crippen LogP) is 2.93. The van der Waals surface area contributed by atoms with E-state index in [0.717, 1.165) is 12.2 Å². The van der Waals surface area contributed by atoms with Crippen molar-refractivity contribution < 1.29 is 13.9 Å². The lowest BCUT2D eigenvalue weighted by atomic mass is 10.2. The number of hydrogen-bond acceptors (Lipinski definition) is 3. The standard InChI is InChI=1S/C16H19NO3/c1-3-13-6-8-14(9-7-13)20-12(2)16(18)17-11-15-5-4-10-19-15/h4-10,12H,3,11H2,1-2H3,(H,17,18)/t12-/m0/s1. The lowest BCUT2D eigenvalue weighted by Crippen LogP contribution is -2.35. The van der Waals surface area contributed by atoms with E-state index in [1.807, 2.05) is 30.3 Å². The number of carbonyl (C=O) groups is 1. The molecule has 1 atom stereocenters. The number of ether oxygens (including phenoxy) is 1. The van der Waals surface area contributed by atoms with Crippen LogP contribution in [0.3, 0.4) is 0 Å². The van der Waals surface area contributed by atoms with E-state index in [1.54, 1.807) is 19.3 Å². The maximum atomic E-state index is 11.9. The Bertz CT molecular complexity index is 531. The van der Waals surface area contributed by atoms with Crippen LogP contribution >= 0.6 is 0 Å². The van der Waals surface area contributed by atoms with Gasteiger partial charge in [-0.25, -0.2) is 0 Å². The van der Waals surface area contributed by atoms with Crippen LogP contribution in [0, 0.1) is 0 Å². The minimum absolute atomic E-state index is 0.166. The first-order valence-corrected chi connectivity index (χ1v) is 6.74. The molecule has 0 aliphatic carbocycles. The zero-order valence-electron chi connectivity index (χ0n) is 11.8. The molecule has 0 fully saturated rings. The topological polar surface area (TPSA) is 51.5 Å². The Balaban J connectivity index is 1.83. The van der Waals surface area contributed by atoms with Crippen LogP contribution < -0.4 is 10.1 Å². The van der Waals surface area contributed by atoms with Crippen LogP contribution in [0.25, 0.3) is 0 Å². The van der Waals surface area contributed by atoms with Crippen molar-refractivity contribution in [1.29, 1.82) is 0 Å². The van der Waals surface area contributed by atoms with Gasteiger partial charge in [-0.3, -0.25) is 4.79 Å². The smallest absolute Gasteiger partial charge is 0.261 e. The summed E-state index contributed by atoms with van der Waals surface area (Å²) in [5.41, 5.74) is 1.24. The Hall–Kier alpha value is -2.23. The zero-order valence-corrected chi connectivity index (χ0v) is 11.8. The van der Waals surface area contributed by atoms with Gasteiger partial charge in [0.2, 0.25) is 0 Å². The molecule has 2 rings (SSSR count). The summed E-state index contributed by atoms with van der Waals surface area (Å²) in [7, 11) is 0. The molecule has 1 amide bonds. The molecule has 4 nitrogen and oxygen atoms in total. The van der Waals surface area contributed by atoms with Crippen LogP contribution in [0.1, 0.15) is 25.2 Å². The molecule has 1 aromatic carbocycles. The fourth-order valence-corrected chi connectivity index (χ4v) is 1.79. The van der Waals surface area contributed by atoms with Crippen molar-refractivity contribution in [1.82, 2.24) is 5.32 Å². The lowest BCUT2D eigenvalue weighted by molar-refractivity contribution is -0.127. The van der Waals surface area contributed by atoms with Crippen molar-refractivity contribution >= 4 is 5.91 Å². The van der Waals surface area contributed by atoms with E-state index < -0.39 is 6.10 Å². The molecule has 1 heterocycles. The molecule has 106 valence electrons. The molecule has 1 N–H and O–H groups in total. The number of carbonyl (C=O) groups excluding carboxylic acids is 1. The molecular formula is C16H19NO3. The number of amides is 1. The summed E-state index contributed by atoms with van der Waals surface area (Å²) in [5, 5.41) is 2.77. The molecule has 0 bridgehead atoms. The highest BCUT2D eigenvalue weighted by molar-refractivity contribution is 5.80. The van der Waals surface area contributed by atoms with Crippen molar-refractivity contribution in [2.24, 2.45) is 0 Å². The quantitative estimate of drug-likeness (QED) is 0.880. The van der Waals surface area contributed by atoms with E-state index in [9.17, 15) is 4.79 Å². The first kappa shape index (κ1) is 14.2. The fourth-order valence-electron chi connectivity index (χ4n) is 1.79. The maximum absolute atomic E-state index is 11.9. The number of aryl methyl sites for hydroxylation is 1. The number of nitrogens with one attached hydrogen (secondary N) is 1. The summed E-state index contributed by atoms with van der Waals surface area (Å²) >= 11 is 0. The normalized spacial score (nSPS) is 11.9. The summed E-state index contributed by atoms with van der Waals surface area (Å²) in [6, 6.07) is 11.4. The van der Waals surface area contributed by atoms with Crippen molar-refractivity contribution in [2.45, 2.75) is 32.9 Å². The summed E-state index contributed by atoms with van der Waals surface area (Å²) in [4.78, 5) is 11.9. The van der Waals surface area contributed by atoms with Crippen LogP contribution in [0.4, 0.5) is 0 Å². The third-order valence-electron chi connectivity index (χ3n) is 3.03. The largest absolute Gasteiger partial charge is 0.481 e. The molecule has 2 aromatic rings. The summed E-state index contributed by atoms with van der Waals surface area (Å²) in [5.74, 6) is 1.25. The van der Waals surface area contributed by atoms with E-state index in [4.69, 9.17) is 9.15 Å². The van der Waals surface area contributed by atoms with E-state index in [2.05, 4.69) is 12.2 Å². The van der Waals surface area contributed by atoms with Gasteiger partial charge < -0.3 is 14.5 Å². The van der Waals surface area contributed by atoms with Gasteiger partial charge in [-0.15, -0.1) is 0 Å². The van der Waals surface area contributed by atoms with Crippen molar-refractivity contribution in [3.8, 4) is 5.75 Å². The van der Waals surface area contributed by atoms with Crippen molar-refractivity contribution in [3.63, 3.8) is 0 Å². The second kappa shape index (κ2) is 6.80. The number of rotatable bonds is 6. The second-order valence-electron chi connectivity index (χ2n) is 4.55. The van der Waals surface area contributed by atoms with Crippen molar-refractivity contribution in [3.05, 3.63) is 54.0 Å². The van der Waals surface area contributed by atoms with Gasteiger partial charge in [0.05, 0.1) is 12.8 Å². The monoisotopic (exact) mass is 273 g/mol. The van der Waals surface area contributed by atoms with Gasteiger partial charge in [-0.1, -0.05) is 19.1 Å². The fraction of sp³-hybridized carbons (Fsp3) is 0.312. The SMILES string of the molecule is CCc1ccc(O[C@@H](C)C(=O)NCc2ccco2)cc1. The molecular weight excluding hydrogens is 254 g/mol. The molecule has 0 aliphatic heterocycles. The summed E-state index contributed by atoms with van der Waals surface area (Å²) in [6.45, 7) is 4.19. The minimum Gasteiger partial charge on any atom is -0.481 e. The lowest BCUT2D eigenvalue weighted by Gasteiger charge is -2.14. The Morgan fingerprint density at radius 2 is 2.05 bits per heavy atom. The van der Waals surface area contributed by atoms with E-state index in [-0.39, 0.29) is 5.91 Å². The molecule has 1 aromatic heterocycles. The van der Waals surface area contributed by atoms with Gasteiger partial charge in [-0.05, 0) is 43.2 Å². The first-order valence-electron chi connectivity index (χ1n) is 6.74. The molecule has 0 saturated heterocycles. The average Bonchev–Trinajstić information content (AvgIpc) is 2.98. The average molecular weight is 273 g/mol. The molecule has 0 spiro atoms. The first-order chi connectivity index (χ1) is 9.69. The highest BCUT2D eigenvalue weighted by Gasteiger charge is 2.14. The van der Waals surface area contributed by atoms with Crippen LogP contribution in [-0.2, 0) is 17.8 Å². The van der Waals surface area contributed by atoms with Gasteiger partial charge in [0, 0.05) is 0 Å².